The summed E-state index contributed by atoms with van der Waals surface area (Å²) in [5.41, 5.74) is 13.6. The summed E-state index contributed by atoms with van der Waals surface area (Å²) >= 11 is 0. The molecule has 4 aromatic carbocycles. The fourth-order valence-electron chi connectivity index (χ4n) is 6.72. The molecule has 8 rings (SSSR count). The van der Waals surface area contributed by atoms with Crippen LogP contribution >= 0.6 is 0 Å². The first-order valence-electron chi connectivity index (χ1n) is 13.9. The summed E-state index contributed by atoms with van der Waals surface area (Å²) < 4.78 is 12.2. The van der Waals surface area contributed by atoms with Crippen LogP contribution in [-0.2, 0) is 25.7 Å². The minimum Gasteiger partial charge on any atom is -0.496 e. The van der Waals surface area contributed by atoms with Gasteiger partial charge in [0.1, 0.15) is 11.5 Å². The Kier molecular flexibility index (Phi) is 5.18. The van der Waals surface area contributed by atoms with Crippen molar-refractivity contribution in [1.82, 2.24) is 9.97 Å². The van der Waals surface area contributed by atoms with E-state index < -0.39 is 0 Å². The zero-order chi connectivity index (χ0) is 26.8. The molecule has 0 aliphatic heterocycles. The zero-order valence-corrected chi connectivity index (χ0v) is 22.6. The van der Waals surface area contributed by atoms with E-state index in [-0.39, 0.29) is 0 Å². The molecule has 4 nitrogen and oxygen atoms in total. The molecule has 0 atom stereocenters. The highest BCUT2D eigenvalue weighted by Crippen LogP contribution is 2.53. The van der Waals surface area contributed by atoms with E-state index >= 15 is 0 Å². The average Bonchev–Trinajstić information content (AvgIpc) is 3.01. The summed E-state index contributed by atoms with van der Waals surface area (Å²) in [6, 6.07) is 30.0. The Morgan fingerprint density at radius 1 is 0.475 bits per heavy atom. The number of methoxy groups -OCH3 is 2. The van der Waals surface area contributed by atoms with Crippen LogP contribution in [0.15, 0.2) is 84.9 Å². The Morgan fingerprint density at radius 3 is 1.35 bits per heavy atom. The van der Waals surface area contributed by atoms with Crippen LogP contribution in [0.5, 0.6) is 11.5 Å². The summed E-state index contributed by atoms with van der Waals surface area (Å²) in [4.78, 5) is 10.5. The van der Waals surface area contributed by atoms with E-state index in [9.17, 15) is 0 Å². The first kappa shape index (κ1) is 23.2. The second-order valence-electron chi connectivity index (χ2n) is 10.7. The number of aryl methyl sites for hydroxylation is 4. The molecule has 0 fully saturated rings. The topological polar surface area (TPSA) is 44.2 Å². The number of para-hydroxylation sites is 2. The van der Waals surface area contributed by atoms with Gasteiger partial charge in [0.25, 0.3) is 0 Å². The average molecular weight is 521 g/mol. The van der Waals surface area contributed by atoms with Crippen LogP contribution in [-0.4, -0.2) is 24.2 Å². The van der Waals surface area contributed by atoms with E-state index in [0.29, 0.717) is 0 Å². The van der Waals surface area contributed by atoms with Gasteiger partial charge in [0.05, 0.1) is 36.6 Å². The van der Waals surface area contributed by atoms with Crippen molar-refractivity contribution in [2.75, 3.05) is 14.2 Å². The lowest BCUT2D eigenvalue weighted by atomic mass is 9.78. The lowest BCUT2D eigenvalue weighted by Crippen LogP contribution is -2.11. The second-order valence-corrected chi connectivity index (χ2v) is 10.7. The zero-order valence-electron chi connectivity index (χ0n) is 22.6. The molecule has 0 radical (unpaired) electrons. The number of fused-ring (bicyclic) bond motifs is 8. The molecular formula is C36H28N2O2. The third kappa shape index (κ3) is 3.39. The lowest BCUT2D eigenvalue weighted by Gasteiger charge is -2.28. The third-order valence-electron chi connectivity index (χ3n) is 8.60. The van der Waals surface area contributed by atoms with Crippen LogP contribution < -0.4 is 9.47 Å². The van der Waals surface area contributed by atoms with Crippen molar-refractivity contribution in [2.45, 2.75) is 25.7 Å². The van der Waals surface area contributed by atoms with Gasteiger partial charge in [0.15, 0.2) is 0 Å². The molecule has 0 spiro atoms. The molecule has 0 saturated carbocycles. The van der Waals surface area contributed by atoms with Gasteiger partial charge in [-0.3, -0.25) is 0 Å². The SMILES string of the molecule is COc1ccc2c(c1-c1c(OC)ccc3c1-c1nc4ccccc4cc1CC3)-c1nc3ccccc3cc1CC2. The van der Waals surface area contributed by atoms with Gasteiger partial charge in [-0.05, 0) is 84.3 Å². The molecule has 2 aliphatic rings. The monoisotopic (exact) mass is 520 g/mol. The molecule has 6 aromatic rings. The summed E-state index contributed by atoms with van der Waals surface area (Å²) in [5.74, 6) is 1.64. The van der Waals surface area contributed by atoms with Gasteiger partial charge in [-0.25, -0.2) is 9.97 Å². The van der Waals surface area contributed by atoms with Crippen molar-refractivity contribution in [3.63, 3.8) is 0 Å². The van der Waals surface area contributed by atoms with Gasteiger partial charge in [-0.15, -0.1) is 0 Å². The number of benzene rings is 4. The third-order valence-corrected chi connectivity index (χ3v) is 8.60. The minimum absolute atomic E-state index is 0.821. The summed E-state index contributed by atoms with van der Waals surface area (Å²) in [7, 11) is 3.51. The Bertz CT molecular complexity index is 1850. The van der Waals surface area contributed by atoms with Crippen LogP contribution in [0.4, 0.5) is 0 Å². The Labute approximate surface area is 233 Å². The van der Waals surface area contributed by atoms with E-state index in [1.807, 2.05) is 0 Å². The predicted octanol–water partition coefficient (Wildman–Crippen LogP) is 8.00. The fraction of sp³-hybridized carbons (Fsp3) is 0.167. The molecule has 0 bridgehead atoms. The summed E-state index contributed by atoms with van der Waals surface area (Å²) in [6.07, 6.45) is 3.84. The number of hydrogen-bond acceptors (Lipinski definition) is 4. The van der Waals surface area contributed by atoms with Gasteiger partial charge in [0, 0.05) is 33.0 Å². The quantitative estimate of drug-likeness (QED) is 0.237. The molecule has 2 aliphatic carbocycles. The van der Waals surface area contributed by atoms with Crippen molar-refractivity contribution in [2.24, 2.45) is 0 Å². The first-order valence-corrected chi connectivity index (χ1v) is 13.9. The Balaban J connectivity index is 1.49. The van der Waals surface area contributed by atoms with Crippen LogP contribution in [0, 0.1) is 0 Å². The van der Waals surface area contributed by atoms with E-state index in [4.69, 9.17) is 19.4 Å². The van der Waals surface area contributed by atoms with Crippen molar-refractivity contribution < 1.29 is 9.47 Å². The highest BCUT2D eigenvalue weighted by molar-refractivity contribution is 6.02. The van der Waals surface area contributed by atoms with Crippen LogP contribution in [0.25, 0.3) is 55.4 Å². The number of hydrogen-bond donors (Lipinski definition) is 0. The normalized spacial score (nSPS) is 13.3. The maximum Gasteiger partial charge on any atom is 0.127 e. The van der Waals surface area contributed by atoms with E-state index in [2.05, 4.69) is 84.9 Å². The van der Waals surface area contributed by atoms with Gasteiger partial charge in [-0.1, -0.05) is 48.5 Å². The number of pyridine rings is 2. The van der Waals surface area contributed by atoms with Crippen LogP contribution in [0.2, 0.25) is 0 Å². The summed E-state index contributed by atoms with van der Waals surface area (Å²) in [6.45, 7) is 0. The van der Waals surface area contributed by atoms with E-state index in [1.165, 1.54) is 33.0 Å². The van der Waals surface area contributed by atoms with E-state index in [0.717, 1.165) is 81.9 Å². The highest BCUT2D eigenvalue weighted by atomic mass is 16.5. The lowest BCUT2D eigenvalue weighted by molar-refractivity contribution is 0.410. The maximum atomic E-state index is 6.11. The van der Waals surface area contributed by atoms with Crippen LogP contribution in [0.1, 0.15) is 22.3 Å². The molecule has 0 N–H and O–H groups in total. The Morgan fingerprint density at radius 2 is 0.900 bits per heavy atom. The molecule has 2 aromatic heterocycles. The van der Waals surface area contributed by atoms with Gasteiger partial charge < -0.3 is 9.47 Å². The molecule has 2 heterocycles. The molecule has 40 heavy (non-hydrogen) atoms. The van der Waals surface area contributed by atoms with Gasteiger partial charge >= 0.3 is 0 Å². The second kappa shape index (κ2) is 8.92. The van der Waals surface area contributed by atoms with Crippen molar-refractivity contribution >= 4 is 21.8 Å². The molecule has 194 valence electrons. The van der Waals surface area contributed by atoms with Crippen molar-refractivity contribution in [3.8, 4) is 45.1 Å². The maximum absolute atomic E-state index is 6.11. The number of nitrogens with zero attached hydrogens (tertiary/aromatic N) is 2. The highest BCUT2D eigenvalue weighted by Gasteiger charge is 2.31. The van der Waals surface area contributed by atoms with Crippen LogP contribution in [0.3, 0.4) is 0 Å². The first-order chi connectivity index (χ1) is 19.7. The van der Waals surface area contributed by atoms with E-state index in [1.54, 1.807) is 14.2 Å². The molecule has 0 amide bonds. The van der Waals surface area contributed by atoms with Gasteiger partial charge in [0.2, 0.25) is 0 Å². The largest absolute Gasteiger partial charge is 0.496 e. The van der Waals surface area contributed by atoms with Crippen molar-refractivity contribution in [3.05, 3.63) is 107 Å². The summed E-state index contributed by atoms with van der Waals surface area (Å²) in [5, 5.41) is 2.35. The molecule has 0 saturated heterocycles. The number of ether oxygens (including phenoxy) is 2. The molecule has 0 unspecified atom stereocenters. The fourth-order valence-corrected chi connectivity index (χ4v) is 6.72. The Hall–Kier alpha value is -4.70. The predicted molar refractivity (Wildman–Crippen MR) is 161 cm³/mol. The molecule has 4 heteroatoms. The minimum atomic E-state index is 0.821. The standard InChI is InChI=1S/C36H28N2O2/c1-39-29-17-15-21-11-13-25-19-23-7-3-5-9-27(23)37-35(25)31(21)33(29)34-30(40-2)18-16-22-12-14-26-20-24-8-4-6-10-28(24)38-36(26)32(22)34/h3-10,15-20H,11-14H2,1-2H3. The van der Waals surface area contributed by atoms with Crippen molar-refractivity contribution in [1.29, 1.82) is 0 Å². The van der Waals surface area contributed by atoms with Gasteiger partial charge in [-0.2, -0.15) is 0 Å². The molecular weight excluding hydrogens is 492 g/mol. The number of aromatic nitrogens is 2. The smallest absolute Gasteiger partial charge is 0.127 e. The number of rotatable bonds is 3.